The SMILES string of the molecule is C[C@H]([C@@H](C)Nc1nc(-c2cccnc2)nc2ccccc12)n1cncn1. The lowest BCUT2D eigenvalue weighted by Crippen LogP contribution is -2.27. The van der Waals surface area contributed by atoms with Crippen molar-refractivity contribution in [1.29, 1.82) is 0 Å². The second-order valence-corrected chi connectivity index (χ2v) is 6.20. The molecule has 4 rings (SSSR count). The average molecular weight is 345 g/mol. The summed E-state index contributed by atoms with van der Waals surface area (Å²) in [6.45, 7) is 4.20. The molecule has 0 unspecified atom stereocenters. The van der Waals surface area contributed by atoms with Crippen molar-refractivity contribution < 1.29 is 0 Å². The second kappa shape index (κ2) is 6.87. The minimum absolute atomic E-state index is 0.0942. The molecular formula is C19H19N7. The molecule has 0 aliphatic rings. The van der Waals surface area contributed by atoms with E-state index in [2.05, 4.69) is 39.2 Å². The lowest BCUT2D eigenvalue weighted by Gasteiger charge is -2.22. The summed E-state index contributed by atoms with van der Waals surface area (Å²) in [4.78, 5) is 17.7. The van der Waals surface area contributed by atoms with Crippen LogP contribution in [0.15, 0.2) is 61.4 Å². The number of rotatable bonds is 5. The van der Waals surface area contributed by atoms with Gasteiger partial charge in [0.05, 0.1) is 11.6 Å². The van der Waals surface area contributed by atoms with Gasteiger partial charge in [-0.15, -0.1) is 0 Å². The summed E-state index contributed by atoms with van der Waals surface area (Å²) in [5.74, 6) is 1.45. The first-order chi connectivity index (χ1) is 12.7. The molecular weight excluding hydrogens is 326 g/mol. The third-order valence-corrected chi connectivity index (χ3v) is 4.46. The molecule has 0 bridgehead atoms. The number of benzene rings is 1. The van der Waals surface area contributed by atoms with Gasteiger partial charge in [-0.1, -0.05) is 12.1 Å². The molecule has 0 aliphatic heterocycles. The molecule has 4 aromatic rings. The van der Waals surface area contributed by atoms with Crippen molar-refractivity contribution in [2.45, 2.75) is 25.9 Å². The Morgan fingerprint density at radius 3 is 2.65 bits per heavy atom. The summed E-state index contributed by atoms with van der Waals surface area (Å²) in [6.07, 6.45) is 6.78. The zero-order valence-corrected chi connectivity index (χ0v) is 14.6. The van der Waals surface area contributed by atoms with Gasteiger partial charge in [-0.3, -0.25) is 4.98 Å². The minimum Gasteiger partial charge on any atom is -0.365 e. The van der Waals surface area contributed by atoms with Gasteiger partial charge >= 0.3 is 0 Å². The van der Waals surface area contributed by atoms with Gasteiger partial charge in [0, 0.05) is 29.4 Å². The second-order valence-electron chi connectivity index (χ2n) is 6.20. The van der Waals surface area contributed by atoms with Crippen molar-refractivity contribution in [3.8, 4) is 11.4 Å². The topological polar surface area (TPSA) is 81.4 Å². The summed E-state index contributed by atoms with van der Waals surface area (Å²) in [7, 11) is 0. The smallest absolute Gasteiger partial charge is 0.163 e. The Labute approximate surface area is 151 Å². The predicted molar refractivity (Wildman–Crippen MR) is 101 cm³/mol. The number of para-hydroxylation sites is 1. The molecule has 7 nitrogen and oxygen atoms in total. The zero-order valence-electron chi connectivity index (χ0n) is 14.6. The van der Waals surface area contributed by atoms with E-state index in [9.17, 15) is 0 Å². The fourth-order valence-corrected chi connectivity index (χ4v) is 2.80. The highest BCUT2D eigenvalue weighted by molar-refractivity contribution is 5.90. The summed E-state index contributed by atoms with van der Waals surface area (Å²) < 4.78 is 1.84. The number of hydrogen-bond acceptors (Lipinski definition) is 6. The first-order valence-corrected chi connectivity index (χ1v) is 8.50. The standard InChI is InChI=1S/C19H19N7/c1-13(14(2)26-12-21-11-22-26)23-19-16-7-3-4-8-17(16)24-18(25-19)15-6-5-9-20-10-15/h3-14H,1-2H3,(H,23,24,25)/t13-,14-/m1/s1. The fourth-order valence-electron chi connectivity index (χ4n) is 2.80. The van der Waals surface area contributed by atoms with Crippen molar-refractivity contribution in [3.05, 3.63) is 61.4 Å². The van der Waals surface area contributed by atoms with Gasteiger partial charge in [-0.05, 0) is 38.1 Å². The van der Waals surface area contributed by atoms with E-state index in [4.69, 9.17) is 4.98 Å². The highest BCUT2D eigenvalue weighted by Crippen LogP contribution is 2.26. The van der Waals surface area contributed by atoms with Gasteiger partial charge in [0.1, 0.15) is 18.5 Å². The predicted octanol–water partition coefficient (Wildman–Crippen LogP) is 3.34. The molecule has 0 amide bonds. The molecule has 1 N–H and O–H groups in total. The molecule has 130 valence electrons. The lowest BCUT2D eigenvalue weighted by atomic mass is 10.1. The fraction of sp³-hybridized carbons (Fsp3) is 0.211. The Bertz CT molecular complexity index is 999. The molecule has 26 heavy (non-hydrogen) atoms. The molecule has 0 fully saturated rings. The monoisotopic (exact) mass is 345 g/mol. The van der Waals surface area contributed by atoms with Gasteiger partial charge in [-0.25, -0.2) is 19.6 Å². The Morgan fingerprint density at radius 1 is 1.00 bits per heavy atom. The summed E-state index contributed by atoms with van der Waals surface area (Å²) >= 11 is 0. The number of anilines is 1. The minimum atomic E-state index is 0.0942. The van der Waals surface area contributed by atoms with E-state index in [-0.39, 0.29) is 12.1 Å². The van der Waals surface area contributed by atoms with Crippen LogP contribution in [-0.2, 0) is 0 Å². The van der Waals surface area contributed by atoms with E-state index in [0.717, 1.165) is 22.3 Å². The van der Waals surface area contributed by atoms with Crippen LogP contribution in [0.4, 0.5) is 5.82 Å². The number of fused-ring (bicyclic) bond motifs is 1. The molecule has 0 radical (unpaired) electrons. The van der Waals surface area contributed by atoms with Crippen LogP contribution in [0.1, 0.15) is 19.9 Å². The van der Waals surface area contributed by atoms with Crippen LogP contribution in [0.25, 0.3) is 22.3 Å². The van der Waals surface area contributed by atoms with Crippen LogP contribution < -0.4 is 5.32 Å². The highest BCUT2D eigenvalue weighted by atomic mass is 15.3. The van der Waals surface area contributed by atoms with Gasteiger partial charge in [-0.2, -0.15) is 5.10 Å². The van der Waals surface area contributed by atoms with Crippen LogP contribution in [0.3, 0.4) is 0 Å². The van der Waals surface area contributed by atoms with Gasteiger partial charge in [0.15, 0.2) is 5.82 Å². The molecule has 0 saturated heterocycles. The Kier molecular flexibility index (Phi) is 4.27. The molecule has 3 heterocycles. The normalized spacial score (nSPS) is 13.5. The summed E-state index contributed by atoms with van der Waals surface area (Å²) in [5.41, 5.74) is 1.78. The first-order valence-electron chi connectivity index (χ1n) is 8.50. The number of nitrogens with zero attached hydrogens (tertiary/aromatic N) is 6. The van der Waals surface area contributed by atoms with Crippen LogP contribution in [0.5, 0.6) is 0 Å². The average Bonchev–Trinajstić information content (AvgIpc) is 3.22. The molecule has 1 aromatic carbocycles. The molecule has 0 saturated carbocycles. The maximum atomic E-state index is 4.77. The van der Waals surface area contributed by atoms with Crippen LogP contribution >= 0.6 is 0 Å². The quantitative estimate of drug-likeness (QED) is 0.597. The van der Waals surface area contributed by atoms with Crippen molar-refractivity contribution in [3.63, 3.8) is 0 Å². The largest absolute Gasteiger partial charge is 0.365 e. The highest BCUT2D eigenvalue weighted by Gasteiger charge is 2.17. The third-order valence-electron chi connectivity index (χ3n) is 4.46. The van der Waals surface area contributed by atoms with Gasteiger partial charge in [0.25, 0.3) is 0 Å². The maximum absolute atomic E-state index is 4.77. The zero-order chi connectivity index (χ0) is 17.9. The van der Waals surface area contributed by atoms with E-state index >= 15 is 0 Å². The Balaban J connectivity index is 1.73. The van der Waals surface area contributed by atoms with Crippen molar-refractivity contribution >= 4 is 16.7 Å². The molecule has 0 aliphatic carbocycles. The molecule has 3 aromatic heterocycles. The van der Waals surface area contributed by atoms with Crippen LogP contribution in [0, 0.1) is 0 Å². The number of pyridine rings is 1. The van der Waals surface area contributed by atoms with E-state index in [1.54, 1.807) is 25.0 Å². The molecule has 0 spiro atoms. The van der Waals surface area contributed by atoms with Crippen molar-refractivity contribution in [1.82, 2.24) is 29.7 Å². The van der Waals surface area contributed by atoms with Gasteiger partial charge in [0.2, 0.25) is 0 Å². The van der Waals surface area contributed by atoms with Crippen LogP contribution in [-0.4, -0.2) is 35.8 Å². The van der Waals surface area contributed by atoms with E-state index in [1.165, 1.54) is 0 Å². The van der Waals surface area contributed by atoms with E-state index < -0.39 is 0 Å². The van der Waals surface area contributed by atoms with E-state index in [0.29, 0.717) is 5.82 Å². The van der Waals surface area contributed by atoms with Crippen LogP contribution in [0.2, 0.25) is 0 Å². The van der Waals surface area contributed by atoms with Crippen molar-refractivity contribution in [2.75, 3.05) is 5.32 Å². The maximum Gasteiger partial charge on any atom is 0.163 e. The summed E-state index contributed by atoms with van der Waals surface area (Å²) in [5, 5.41) is 8.74. The van der Waals surface area contributed by atoms with Crippen molar-refractivity contribution in [2.24, 2.45) is 0 Å². The van der Waals surface area contributed by atoms with E-state index in [1.807, 2.05) is 41.1 Å². The lowest BCUT2D eigenvalue weighted by molar-refractivity contribution is 0.442. The Hall–Kier alpha value is -3.35. The Morgan fingerprint density at radius 2 is 1.88 bits per heavy atom. The third kappa shape index (κ3) is 3.11. The molecule has 7 heteroatoms. The molecule has 2 atom stereocenters. The van der Waals surface area contributed by atoms with Gasteiger partial charge < -0.3 is 5.32 Å². The first kappa shape index (κ1) is 16.1. The summed E-state index contributed by atoms with van der Waals surface area (Å²) in [6, 6.07) is 12.0. The number of hydrogen-bond donors (Lipinski definition) is 1. The number of nitrogens with one attached hydrogen (secondary N) is 1. The number of aromatic nitrogens is 6.